The minimum atomic E-state index is -3.42. The van der Waals surface area contributed by atoms with Crippen molar-refractivity contribution < 1.29 is 13.2 Å². The van der Waals surface area contributed by atoms with Gasteiger partial charge in [0.2, 0.25) is 15.9 Å². The average Bonchev–Trinajstić information content (AvgIpc) is 2.70. The lowest BCUT2D eigenvalue weighted by atomic mass is 10.1. The van der Waals surface area contributed by atoms with Gasteiger partial charge in [0.15, 0.2) is 0 Å². The van der Waals surface area contributed by atoms with E-state index in [1.165, 1.54) is 5.56 Å². The maximum atomic E-state index is 12.4. The molecule has 0 fully saturated rings. The highest BCUT2D eigenvalue weighted by Gasteiger charge is 2.11. The molecule has 0 aliphatic heterocycles. The molecule has 1 amide bonds. The molecule has 7 heteroatoms. The van der Waals surface area contributed by atoms with Gasteiger partial charge < -0.3 is 10.6 Å². The van der Waals surface area contributed by atoms with Gasteiger partial charge in [-0.15, -0.1) is 0 Å². The third-order valence-corrected chi connectivity index (χ3v) is 5.11. The van der Waals surface area contributed by atoms with Gasteiger partial charge in [-0.25, -0.2) is 8.42 Å². The van der Waals surface area contributed by atoms with Crippen LogP contribution in [0.2, 0.25) is 0 Å². The third-order valence-electron chi connectivity index (χ3n) is 4.52. The Morgan fingerprint density at radius 1 is 0.867 bits per heavy atom. The van der Waals surface area contributed by atoms with Gasteiger partial charge in [-0.05, 0) is 48.4 Å². The molecule has 0 radical (unpaired) electrons. The fourth-order valence-corrected chi connectivity index (χ4v) is 3.68. The molecule has 0 aliphatic rings. The first kappa shape index (κ1) is 21.4. The Morgan fingerprint density at radius 2 is 1.47 bits per heavy atom. The van der Waals surface area contributed by atoms with Crippen molar-refractivity contribution in [3.63, 3.8) is 0 Å². The summed E-state index contributed by atoms with van der Waals surface area (Å²) in [5, 5.41) is 6.28. The molecule has 1 unspecified atom stereocenters. The van der Waals surface area contributed by atoms with E-state index in [0.717, 1.165) is 11.9 Å². The van der Waals surface area contributed by atoms with E-state index < -0.39 is 10.0 Å². The standard InChI is InChI=1S/C23H25N3O3S/c1-17(18-8-4-3-5-9-18)24-20-12-14-21(15-13-20)25-23(27)16-19-10-6-7-11-22(19)26-30(2,28)29/h3-15,17,24,26H,16H2,1-2H3,(H,25,27). The number of hydrogen-bond donors (Lipinski definition) is 3. The molecule has 3 aromatic carbocycles. The average molecular weight is 424 g/mol. The minimum Gasteiger partial charge on any atom is -0.379 e. The van der Waals surface area contributed by atoms with Gasteiger partial charge in [-0.2, -0.15) is 0 Å². The molecule has 1 atom stereocenters. The molecular formula is C23H25N3O3S. The van der Waals surface area contributed by atoms with Gasteiger partial charge in [0, 0.05) is 17.4 Å². The van der Waals surface area contributed by atoms with E-state index in [2.05, 4.69) is 34.4 Å². The summed E-state index contributed by atoms with van der Waals surface area (Å²) in [6, 6.07) is 24.6. The van der Waals surface area contributed by atoms with Crippen LogP contribution >= 0.6 is 0 Å². The number of carbonyl (C=O) groups is 1. The molecule has 0 bridgehead atoms. The van der Waals surface area contributed by atoms with Crippen molar-refractivity contribution in [1.29, 1.82) is 0 Å². The maximum absolute atomic E-state index is 12.4. The van der Waals surface area contributed by atoms with Gasteiger partial charge >= 0.3 is 0 Å². The van der Waals surface area contributed by atoms with Gasteiger partial charge in [-0.1, -0.05) is 48.5 Å². The van der Waals surface area contributed by atoms with Crippen LogP contribution in [0.5, 0.6) is 0 Å². The zero-order valence-corrected chi connectivity index (χ0v) is 17.7. The lowest BCUT2D eigenvalue weighted by molar-refractivity contribution is -0.115. The van der Waals surface area contributed by atoms with Gasteiger partial charge in [-0.3, -0.25) is 9.52 Å². The summed E-state index contributed by atoms with van der Waals surface area (Å²) in [5.41, 5.74) is 3.83. The summed E-state index contributed by atoms with van der Waals surface area (Å²) >= 11 is 0. The van der Waals surface area contributed by atoms with Gasteiger partial charge in [0.05, 0.1) is 18.4 Å². The first-order valence-corrected chi connectivity index (χ1v) is 11.5. The highest BCUT2D eigenvalue weighted by Crippen LogP contribution is 2.21. The Morgan fingerprint density at radius 3 is 2.13 bits per heavy atom. The summed E-state index contributed by atoms with van der Waals surface area (Å²) in [4.78, 5) is 12.4. The van der Waals surface area contributed by atoms with E-state index in [0.29, 0.717) is 16.9 Å². The summed E-state index contributed by atoms with van der Waals surface area (Å²) in [6.07, 6.45) is 1.14. The summed E-state index contributed by atoms with van der Waals surface area (Å²) in [6.45, 7) is 2.09. The lowest BCUT2D eigenvalue weighted by Gasteiger charge is -2.16. The molecule has 0 spiro atoms. The Labute approximate surface area is 177 Å². The Bertz CT molecular complexity index is 1100. The predicted molar refractivity (Wildman–Crippen MR) is 122 cm³/mol. The second-order valence-electron chi connectivity index (χ2n) is 7.11. The second kappa shape index (κ2) is 9.45. The van der Waals surface area contributed by atoms with Crippen LogP contribution < -0.4 is 15.4 Å². The van der Waals surface area contributed by atoms with E-state index in [1.54, 1.807) is 24.3 Å². The molecule has 3 aromatic rings. The monoisotopic (exact) mass is 423 g/mol. The van der Waals surface area contributed by atoms with Gasteiger partial charge in [0.25, 0.3) is 0 Å². The number of rotatable bonds is 8. The highest BCUT2D eigenvalue weighted by atomic mass is 32.2. The Balaban J connectivity index is 1.60. The fraction of sp³-hybridized carbons (Fsp3) is 0.174. The van der Waals surface area contributed by atoms with Crippen molar-refractivity contribution in [3.05, 3.63) is 90.0 Å². The van der Waals surface area contributed by atoms with Crippen molar-refractivity contribution in [1.82, 2.24) is 0 Å². The Hall–Kier alpha value is -3.32. The zero-order valence-electron chi connectivity index (χ0n) is 16.9. The van der Waals surface area contributed by atoms with Crippen LogP contribution in [0.4, 0.5) is 17.1 Å². The molecule has 156 valence electrons. The number of benzene rings is 3. The van der Waals surface area contributed by atoms with Crippen molar-refractivity contribution in [2.75, 3.05) is 21.6 Å². The number of anilines is 3. The quantitative estimate of drug-likeness (QED) is 0.501. The van der Waals surface area contributed by atoms with Crippen molar-refractivity contribution in [2.45, 2.75) is 19.4 Å². The predicted octanol–water partition coefficient (Wildman–Crippen LogP) is 4.41. The van der Waals surface area contributed by atoms with Crippen molar-refractivity contribution in [2.24, 2.45) is 0 Å². The largest absolute Gasteiger partial charge is 0.379 e. The number of hydrogen-bond acceptors (Lipinski definition) is 4. The van der Waals surface area contributed by atoms with E-state index >= 15 is 0 Å². The summed E-state index contributed by atoms with van der Waals surface area (Å²) < 4.78 is 25.5. The number of carbonyl (C=O) groups excluding carboxylic acids is 1. The number of para-hydroxylation sites is 1. The van der Waals surface area contributed by atoms with Crippen LogP contribution in [0.3, 0.4) is 0 Å². The second-order valence-corrected chi connectivity index (χ2v) is 8.86. The van der Waals surface area contributed by atoms with E-state index in [4.69, 9.17) is 0 Å². The van der Waals surface area contributed by atoms with Crippen molar-refractivity contribution >= 4 is 33.0 Å². The zero-order chi connectivity index (χ0) is 21.6. The van der Waals surface area contributed by atoms with Crippen LogP contribution in [-0.4, -0.2) is 20.6 Å². The molecule has 0 saturated heterocycles. The van der Waals surface area contributed by atoms with E-state index in [9.17, 15) is 13.2 Å². The highest BCUT2D eigenvalue weighted by molar-refractivity contribution is 7.92. The van der Waals surface area contributed by atoms with Crippen LogP contribution in [0.1, 0.15) is 24.1 Å². The normalized spacial score (nSPS) is 12.1. The van der Waals surface area contributed by atoms with Crippen LogP contribution in [0, 0.1) is 0 Å². The van der Waals surface area contributed by atoms with Crippen LogP contribution in [-0.2, 0) is 21.2 Å². The molecular weight excluding hydrogens is 398 g/mol. The maximum Gasteiger partial charge on any atom is 0.229 e. The molecule has 0 heterocycles. The van der Waals surface area contributed by atoms with Crippen LogP contribution in [0.25, 0.3) is 0 Å². The SMILES string of the molecule is CC(Nc1ccc(NC(=O)Cc2ccccc2NS(C)(=O)=O)cc1)c1ccccc1. The van der Waals surface area contributed by atoms with Crippen LogP contribution in [0.15, 0.2) is 78.9 Å². The third kappa shape index (κ3) is 6.35. The molecule has 3 rings (SSSR count). The van der Waals surface area contributed by atoms with Crippen molar-refractivity contribution in [3.8, 4) is 0 Å². The molecule has 0 aliphatic carbocycles. The smallest absolute Gasteiger partial charge is 0.229 e. The van der Waals surface area contributed by atoms with E-state index in [-0.39, 0.29) is 18.4 Å². The number of sulfonamides is 1. The number of nitrogens with one attached hydrogen (secondary N) is 3. The molecule has 0 saturated carbocycles. The molecule has 3 N–H and O–H groups in total. The molecule has 30 heavy (non-hydrogen) atoms. The van der Waals surface area contributed by atoms with Gasteiger partial charge in [0.1, 0.15) is 0 Å². The first-order chi connectivity index (χ1) is 14.3. The number of amides is 1. The lowest BCUT2D eigenvalue weighted by Crippen LogP contribution is -2.17. The minimum absolute atomic E-state index is 0.0593. The summed E-state index contributed by atoms with van der Waals surface area (Å²) in [7, 11) is -3.42. The topological polar surface area (TPSA) is 87.3 Å². The summed E-state index contributed by atoms with van der Waals surface area (Å²) in [5.74, 6) is -0.226. The van der Waals surface area contributed by atoms with E-state index in [1.807, 2.05) is 42.5 Å². The molecule has 0 aromatic heterocycles. The first-order valence-electron chi connectivity index (χ1n) is 9.57. The molecule has 6 nitrogen and oxygen atoms in total. The fourth-order valence-electron chi connectivity index (χ4n) is 3.08. The Kier molecular flexibility index (Phi) is 6.74.